The molecule has 0 aliphatic heterocycles. The predicted octanol–water partition coefficient (Wildman–Crippen LogP) is 7.58. The number of carbonyl (C=O) groups is 3. The van der Waals surface area contributed by atoms with Gasteiger partial charge < -0.3 is 25.4 Å². The number of carbonyl (C=O) groups excluding carboxylic acids is 3. The summed E-state index contributed by atoms with van der Waals surface area (Å²) < 4.78 is 10.7. The van der Waals surface area contributed by atoms with Gasteiger partial charge >= 0.3 is 0 Å². The van der Waals surface area contributed by atoms with Gasteiger partial charge in [-0.25, -0.2) is 0 Å². The van der Waals surface area contributed by atoms with Gasteiger partial charge in [-0.2, -0.15) is 0 Å². The molecular weight excluding hydrogens is 610 g/mol. The molecule has 1 atom stereocenters. The van der Waals surface area contributed by atoms with E-state index in [1.807, 2.05) is 32.0 Å². The van der Waals surface area contributed by atoms with Crippen molar-refractivity contribution in [2.24, 2.45) is 0 Å². The van der Waals surface area contributed by atoms with Crippen LogP contribution in [0.25, 0.3) is 6.08 Å². The number of ether oxygens (including phenoxy) is 2. The highest BCUT2D eigenvalue weighted by molar-refractivity contribution is 8.00. The average Bonchev–Trinajstić information content (AvgIpc) is 3.05. The zero-order chi connectivity index (χ0) is 32.3. The summed E-state index contributed by atoms with van der Waals surface area (Å²) in [7, 11) is 3.06. The molecule has 0 aromatic heterocycles. The Morgan fingerprint density at radius 3 is 2.27 bits per heavy atom. The quantitative estimate of drug-likeness (QED) is 0.109. The van der Waals surface area contributed by atoms with Crippen LogP contribution in [-0.2, 0) is 9.59 Å². The number of thioether (sulfide) groups is 1. The summed E-state index contributed by atoms with van der Waals surface area (Å²) >= 11 is 7.61. The molecule has 3 amide bonds. The highest BCUT2D eigenvalue weighted by atomic mass is 35.5. The normalized spacial score (nSPS) is 11.7. The lowest BCUT2D eigenvalue weighted by atomic mass is 10.1. The van der Waals surface area contributed by atoms with Crippen LogP contribution in [0.5, 0.6) is 11.5 Å². The molecule has 0 saturated heterocycles. The Labute approximate surface area is 272 Å². The Hall–Kier alpha value is -4.73. The van der Waals surface area contributed by atoms with Crippen LogP contribution in [-0.4, -0.2) is 37.2 Å². The van der Waals surface area contributed by atoms with Crippen LogP contribution in [0.4, 0.5) is 11.4 Å². The van der Waals surface area contributed by atoms with Crippen molar-refractivity contribution in [3.8, 4) is 11.5 Å². The van der Waals surface area contributed by atoms with E-state index < -0.39 is 11.8 Å². The first-order chi connectivity index (χ1) is 21.7. The molecule has 4 aromatic rings. The van der Waals surface area contributed by atoms with E-state index in [0.29, 0.717) is 45.4 Å². The van der Waals surface area contributed by atoms with E-state index in [4.69, 9.17) is 21.1 Å². The molecule has 0 bridgehead atoms. The zero-order valence-electron chi connectivity index (χ0n) is 25.3. The van der Waals surface area contributed by atoms with Crippen molar-refractivity contribution < 1.29 is 23.9 Å². The van der Waals surface area contributed by atoms with Gasteiger partial charge in [-0.1, -0.05) is 54.9 Å². The van der Waals surface area contributed by atoms with Crippen molar-refractivity contribution in [1.82, 2.24) is 5.32 Å². The lowest BCUT2D eigenvalue weighted by Gasteiger charge is -2.16. The van der Waals surface area contributed by atoms with Crippen LogP contribution in [0.15, 0.2) is 102 Å². The number of benzene rings is 4. The lowest BCUT2D eigenvalue weighted by Crippen LogP contribution is -2.30. The second kappa shape index (κ2) is 15.8. The molecular formula is C35H34ClN3O5S. The second-order valence-corrected chi connectivity index (χ2v) is 11.6. The summed E-state index contributed by atoms with van der Waals surface area (Å²) in [5.41, 5.74) is 3.09. The number of amides is 3. The maximum atomic E-state index is 13.6. The number of hydrogen-bond acceptors (Lipinski definition) is 6. The van der Waals surface area contributed by atoms with E-state index in [1.54, 1.807) is 78.9 Å². The summed E-state index contributed by atoms with van der Waals surface area (Å²) in [5.74, 6) is -0.110. The molecule has 0 radical (unpaired) electrons. The molecule has 8 nitrogen and oxygen atoms in total. The number of hydrogen-bond donors (Lipinski definition) is 3. The van der Waals surface area contributed by atoms with E-state index in [9.17, 15) is 14.4 Å². The van der Waals surface area contributed by atoms with Gasteiger partial charge in [0.05, 0.1) is 19.5 Å². The molecule has 4 aromatic carbocycles. The van der Waals surface area contributed by atoms with Crippen molar-refractivity contribution in [1.29, 1.82) is 0 Å². The van der Waals surface area contributed by atoms with Gasteiger partial charge in [-0.05, 0) is 85.1 Å². The number of anilines is 2. The van der Waals surface area contributed by atoms with Crippen molar-refractivity contribution in [3.63, 3.8) is 0 Å². The molecule has 0 aliphatic carbocycles. The third-order valence-electron chi connectivity index (χ3n) is 6.72. The summed E-state index contributed by atoms with van der Waals surface area (Å²) in [6.07, 6.45) is 2.14. The molecule has 45 heavy (non-hydrogen) atoms. The van der Waals surface area contributed by atoms with Gasteiger partial charge in [-0.15, -0.1) is 11.8 Å². The van der Waals surface area contributed by atoms with Crippen molar-refractivity contribution in [2.75, 3.05) is 24.9 Å². The van der Waals surface area contributed by atoms with E-state index in [0.717, 1.165) is 10.5 Å². The minimum absolute atomic E-state index is 0.0247. The first-order valence-electron chi connectivity index (χ1n) is 14.2. The topological polar surface area (TPSA) is 106 Å². The second-order valence-electron chi connectivity index (χ2n) is 9.94. The molecule has 0 spiro atoms. The fraction of sp³-hybridized carbons (Fsp3) is 0.171. The van der Waals surface area contributed by atoms with Gasteiger partial charge in [-0.3, -0.25) is 14.4 Å². The van der Waals surface area contributed by atoms with E-state index in [1.165, 1.54) is 26.0 Å². The van der Waals surface area contributed by atoms with Gasteiger partial charge in [0.1, 0.15) is 5.70 Å². The Bertz CT molecular complexity index is 1710. The lowest BCUT2D eigenvalue weighted by molar-refractivity contribution is -0.116. The molecule has 0 fully saturated rings. The minimum Gasteiger partial charge on any atom is -0.493 e. The van der Waals surface area contributed by atoms with Crippen LogP contribution in [0.3, 0.4) is 0 Å². The maximum Gasteiger partial charge on any atom is 0.272 e. The fourth-order valence-corrected chi connectivity index (χ4v) is 5.47. The van der Waals surface area contributed by atoms with Gasteiger partial charge in [0.2, 0.25) is 5.91 Å². The van der Waals surface area contributed by atoms with Crippen molar-refractivity contribution in [3.05, 3.63) is 118 Å². The molecule has 10 heteroatoms. The van der Waals surface area contributed by atoms with Gasteiger partial charge in [0.15, 0.2) is 11.5 Å². The SMILES string of the molecule is CCC(Sc1cccc(NC(=O)/C(=C\c2ccc(OC)c(OC)c2)NC(=O)c2ccccc2)c1)C(=O)Nc1ccc(C)c(Cl)c1. The smallest absolute Gasteiger partial charge is 0.272 e. The van der Waals surface area contributed by atoms with Crippen molar-refractivity contribution in [2.45, 2.75) is 30.4 Å². The Morgan fingerprint density at radius 2 is 1.58 bits per heavy atom. The first-order valence-corrected chi connectivity index (χ1v) is 15.4. The molecule has 232 valence electrons. The summed E-state index contributed by atoms with van der Waals surface area (Å²) in [6, 6.07) is 26.4. The number of halogens is 1. The van der Waals surface area contributed by atoms with Crippen LogP contribution in [0.1, 0.15) is 34.8 Å². The third kappa shape index (κ3) is 9.14. The minimum atomic E-state index is -0.530. The van der Waals surface area contributed by atoms with Crippen LogP contribution in [0.2, 0.25) is 5.02 Å². The Morgan fingerprint density at radius 1 is 0.844 bits per heavy atom. The standard InChI is InChI=1S/C35H34ClN3O5S/c1-5-32(35(42)38-26-16-14-22(2)28(36)21-26)45-27-13-9-12-25(20-27)37-34(41)29(39-33(40)24-10-7-6-8-11-24)18-23-15-17-30(43-3)31(19-23)44-4/h6-21,32H,5H2,1-4H3,(H,37,41)(H,38,42)(H,39,40)/b29-18+. The largest absolute Gasteiger partial charge is 0.493 e. The third-order valence-corrected chi connectivity index (χ3v) is 8.49. The predicted molar refractivity (Wildman–Crippen MR) is 181 cm³/mol. The summed E-state index contributed by atoms with van der Waals surface area (Å²) in [4.78, 5) is 40.5. The first kappa shape index (κ1) is 33.2. The van der Waals surface area contributed by atoms with E-state index in [-0.39, 0.29) is 16.9 Å². The number of rotatable bonds is 12. The Kier molecular flexibility index (Phi) is 11.7. The molecule has 0 heterocycles. The number of methoxy groups -OCH3 is 2. The molecule has 1 unspecified atom stereocenters. The van der Waals surface area contributed by atoms with Gasteiger partial charge in [0.25, 0.3) is 11.8 Å². The summed E-state index contributed by atoms with van der Waals surface area (Å²) in [5, 5.41) is 8.74. The van der Waals surface area contributed by atoms with Crippen molar-refractivity contribution >= 4 is 58.5 Å². The average molecular weight is 644 g/mol. The Balaban J connectivity index is 1.53. The summed E-state index contributed by atoms with van der Waals surface area (Å²) in [6.45, 7) is 3.84. The van der Waals surface area contributed by atoms with Crippen LogP contribution >= 0.6 is 23.4 Å². The number of aryl methyl sites for hydroxylation is 1. The molecule has 3 N–H and O–H groups in total. The molecule has 0 aliphatic rings. The highest BCUT2D eigenvalue weighted by Crippen LogP contribution is 2.30. The maximum absolute atomic E-state index is 13.6. The monoisotopic (exact) mass is 643 g/mol. The highest BCUT2D eigenvalue weighted by Gasteiger charge is 2.20. The molecule has 4 rings (SSSR count). The van der Waals surface area contributed by atoms with Crippen LogP contribution < -0.4 is 25.4 Å². The van der Waals surface area contributed by atoms with E-state index >= 15 is 0 Å². The van der Waals surface area contributed by atoms with E-state index in [2.05, 4.69) is 16.0 Å². The molecule has 0 saturated carbocycles. The number of nitrogens with one attached hydrogen (secondary N) is 3. The van der Waals surface area contributed by atoms with Gasteiger partial charge in [0, 0.05) is 26.9 Å². The fourth-order valence-electron chi connectivity index (χ4n) is 4.28. The van der Waals surface area contributed by atoms with Crippen LogP contribution in [0, 0.1) is 6.92 Å². The zero-order valence-corrected chi connectivity index (χ0v) is 26.9.